The SMILES string of the molecule is CC(Nc1ccnc(C2CC2)n1)c1cccc(N2CCOC2=O)c1. The van der Waals surface area contributed by atoms with E-state index >= 15 is 0 Å². The number of hydrogen-bond donors (Lipinski definition) is 1. The molecular weight excluding hydrogens is 304 g/mol. The minimum Gasteiger partial charge on any atom is -0.447 e. The summed E-state index contributed by atoms with van der Waals surface area (Å²) in [6, 6.07) is 9.93. The van der Waals surface area contributed by atoms with Gasteiger partial charge in [-0.3, -0.25) is 4.90 Å². The van der Waals surface area contributed by atoms with Gasteiger partial charge in [0.05, 0.1) is 12.6 Å². The van der Waals surface area contributed by atoms with Crippen LogP contribution in [0.1, 0.15) is 43.1 Å². The Balaban J connectivity index is 1.50. The van der Waals surface area contributed by atoms with E-state index in [0.29, 0.717) is 19.1 Å². The fourth-order valence-corrected chi connectivity index (χ4v) is 2.89. The van der Waals surface area contributed by atoms with Gasteiger partial charge in [-0.1, -0.05) is 12.1 Å². The van der Waals surface area contributed by atoms with Gasteiger partial charge in [-0.2, -0.15) is 0 Å². The molecule has 1 saturated carbocycles. The maximum Gasteiger partial charge on any atom is 0.414 e. The van der Waals surface area contributed by atoms with E-state index in [4.69, 9.17) is 4.74 Å². The first-order chi connectivity index (χ1) is 11.7. The molecule has 1 aromatic heterocycles. The number of ether oxygens (including phenoxy) is 1. The van der Waals surface area contributed by atoms with Crippen molar-refractivity contribution in [1.82, 2.24) is 9.97 Å². The lowest BCUT2D eigenvalue weighted by molar-refractivity contribution is 0.181. The first-order valence-corrected chi connectivity index (χ1v) is 8.34. The third kappa shape index (κ3) is 3.04. The molecule has 0 spiro atoms. The van der Waals surface area contributed by atoms with Crippen LogP contribution in [0.25, 0.3) is 0 Å². The number of anilines is 2. The Labute approximate surface area is 140 Å². The normalized spacial score (nSPS) is 18.4. The van der Waals surface area contributed by atoms with E-state index in [0.717, 1.165) is 22.9 Å². The highest BCUT2D eigenvalue weighted by molar-refractivity contribution is 5.89. The summed E-state index contributed by atoms with van der Waals surface area (Å²) in [6.07, 6.45) is 3.91. The molecule has 0 bridgehead atoms. The van der Waals surface area contributed by atoms with Gasteiger partial charge in [0.1, 0.15) is 18.2 Å². The molecule has 6 nitrogen and oxygen atoms in total. The molecule has 1 aromatic carbocycles. The Hall–Kier alpha value is -2.63. The first-order valence-electron chi connectivity index (χ1n) is 8.34. The molecule has 24 heavy (non-hydrogen) atoms. The van der Waals surface area contributed by atoms with Crippen LogP contribution in [0.4, 0.5) is 16.3 Å². The van der Waals surface area contributed by atoms with E-state index < -0.39 is 0 Å². The average molecular weight is 324 g/mol. The second-order valence-electron chi connectivity index (χ2n) is 6.30. The molecule has 0 radical (unpaired) electrons. The molecule has 4 rings (SSSR count). The van der Waals surface area contributed by atoms with Crippen LogP contribution in [-0.4, -0.2) is 29.2 Å². The zero-order chi connectivity index (χ0) is 16.5. The van der Waals surface area contributed by atoms with Crippen molar-refractivity contribution in [3.63, 3.8) is 0 Å². The number of hydrogen-bond acceptors (Lipinski definition) is 5. The highest BCUT2D eigenvalue weighted by atomic mass is 16.6. The Morgan fingerprint density at radius 3 is 2.96 bits per heavy atom. The Kier molecular flexibility index (Phi) is 3.80. The van der Waals surface area contributed by atoms with Crippen LogP contribution in [0.3, 0.4) is 0 Å². The van der Waals surface area contributed by atoms with Crippen molar-refractivity contribution in [2.75, 3.05) is 23.4 Å². The van der Waals surface area contributed by atoms with E-state index in [2.05, 4.69) is 22.2 Å². The van der Waals surface area contributed by atoms with Crippen molar-refractivity contribution >= 4 is 17.6 Å². The molecule has 2 fully saturated rings. The number of carbonyl (C=O) groups excluding carboxylic acids is 1. The van der Waals surface area contributed by atoms with Crippen molar-refractivity contribution in [3.8, 4) is 0 Å². The monoisotopic (exact) mass is 324 g/mol. The smallest absolute Gasteiger partial charge is 0.414 e. The molecule has 6 heteroatoms. The maximum absolute atomic E-state index is 11.7. The maximum atomic E-state index is 11.7. The number of amides is 1. The summed E-state index contributed by atoms with van der Waals surface area (Å²) in [5, 5.41) is 3.42. The van der Waals surface area contributed by atoms with Gasteiger partial charge in [0.2, 0.25) is 0 Å². The molecule has 1 N–H and O–H groups in total. The molecule has 2 aliphatic rings. The van der Waals surface area contributed by atoms with Gasteiger partial charge in [-0.25, -0.2) is 14.8 Å². The van der Waals surface area contributed by atoms with Gasteiger partial charge in [0, 0.05) is 17.8 Å². The molecule has 1 amide bonds. The highest BCUT2D eigenvalue weighted by Gasteiger charge is 2.27. The predicted molar refractivity (Wildman–Crippen MR) is 91.2 cm³/mol. The average Bonchev–Trinajstić information content (AvgIpc) is 3.37. The van der Waals surface area contributed by atoms with Crippen LogP contribution < -0.4 is 10.2 Å². The number of rotatable bonds is 5. The topological polar surface area (TPSA) is 67.3 Å². The molecule has 2 heterocycles. The molecule has 124 valence electrons. The number of nitrogens with one attached hydrogen (secondary N) is 1. The van der Waals surface area contributed by atoms with Gasteiger partial charge in [-0.05, 0) is 43.5 Å². The fourth-order valence-electron chi connectivity index (χ4n) is 2.89. The molecule has 2 aromatic rings. The number of nitrogens with zero attached hydrogens (tertiary/aromatic N) is 3. The van der Waals surface area contributed by atoms with Crippen LogP contribution in [-0.2, 0) is 4.74 Å². The lowest BCUT2D eigenvalue weighted by atomic mass is 10.1. The van der Waals surface area contributed by atoms with Crippen molar-refractivity contribution in [1.29, 1.82) is 0 Å². The van der Waals surface area contributed by atoms with Crippen LogP contribution in [0.2, 0.25) is 0 Å². The van der Waals surface area contributed by atoms with Crippen LogP contribution >= 0.6 is 0 Å². The van der Waals surface area contributed by atoms with E-state index in [1.54, 1.807) is 4.90 Å². The molecule has 1 atom stereocenters. The van der Waals surface area contributed by atoms with Crippen LogP contribution in [0.15, 0.2) is 36.5 Å². The second kappa shape index (κ2) is 6.11. The third-order valence-electron chi connectivity index (χ3n) is 4.42. The van der Waals surface area contributed by atoms with Gasteiger partial charge < -0.3 is 10.1 Å². The van der Waals surface area contributed by atoms with Gasteiger partial charge >= 0.3 is 6.09 Å². The first kappa shape index (κ1) is 14.9. The minimum atomic E-state index is -0.280. The third-order valence-corrected chi connectivity index (χ3v) is 4.42. The molecule has 1 aliphatic heterocycles. The predicted octanol–water partition coefficient (Wildman–Crippen LogP) is 3.48. The number of cyclic esters (lactones) is 1. The number of benzene rings is 1. The van der Waals surface area contributed by atoms with Crippen LogP contribution in [0.5, 0.6) is 0 Å². The second-order valence-corrected chi connectivity index (χ2v) is 6.30. The molecule has 1 aliphatic carbocycles. The zero-order valence-electron chi connectivity index (χ0n) is 13.6. The number of aromatic nitrogens is 2. The van der Waals surface area contributed by atoms with Gasteiger partial charge in [0.25, 0.3) is 0 Å². The van der Waals surface area contributed by atoms with Gasteiger partial charge in [-0.15, -0.1) is 0 Å². The Bertz CT molecular complexity index is 760. The highest BCUT2D eigenvalue weighted by Crippen LogP contribution is 2.38. The lowest BCUT2D eigenvalue weighted by Gasteiger charge is -2.18. The Morgan fingerprint density at radius 2 is 2.21 bits per heavy atom. The summed E-state index contributed by atoms with van der Waals surface area (Å²) in [6.45, 7) is 3.13. The standard InChI is InChI=1S/C18H20N4O2/c1-12(20-16-7-8-19-17(21-16)13-5-6-13)14-3-2-4-15(11-14)22-9-10-24-18(22)23/h2-4,7-8,11-13H,5-6,9-10H2,1H3,(H,19,20,21). The van der Waals surface area contributed by atoms with E-state index in [1.807, 2.05) is 36.5 Å². The summed E-state index contributed by atoms with van der Waals surface area (Å²) < 4.78 is 5.01. The van der Waals surface area contributed by atoms with Crippen LogP contribution in [0, 0.1) is 0 Å². The summed E-state index contributed by atoms with van der Waals surface area (Å²) >= 11 is 0. The molecule has 1 saturated heterocycles. The zero-order valence-corrected chi connectivity index (χ0v) is 13.6. The van der Waals surface area contributed by atoms with E-state index in [1.165, 1.54) is 12.8 Å². The van der Waals surface area contributed by atoms with Crippen molar-refractivity contribution in [3.05, 3.63) is 47.9 Å². The summed E-state index contributed by atoms with van der Waals surface area (Å²) in [5.74, 6) is 2.30. The van der Waals surface area contributed by atoms with Crippen molar-refractivity contribution in [2.24, 2.45) is 0 Å². The van der Waals surface area contributed by atoms with E-state index in [9.17, 15) is 4.79 Å². The summed E-state index contributed by atoms with van der Waals surface area (Å²) in [5.41, 5.74) is 1.96. The molecule has 1 unspecified atom stereocenters. The molecular formula is C18H20N4O2. The largest absolute Gasteiger partial charge is 0.447 e. The van der Waals surface area contributed by atoms with Gasteiger partial charge in [0.15, 0.2) is 0 Å². The minimum absolute atomic E-state index is 0.0746. The van der Waals surface area contributed by atoms with Crippen molar-refractivity contribution < 1.29 is 9.53 Å². The van der Waals surface area contributed by atoms with Crippen molar-refractivity contribution in [2.45, 2.75) is 31.7 Å². The van der Waals surface area contributed by atoms with E-state index in [-0.39, 0.29) is 12.1 Å². The summed E-state index contributed by atoms with van der Waals surface area (Å²) in [4.78, 5) is 22.3. The quantitative estimate of drug-likeness (QED) is 0.912. The fraction of sp³-hybridized carbons (Fsp3) is 0.389. The summed E-state index contributed by atoms with van der Waals surface area (Å²) in [7, 11) is 0. The lowest BCUT2D eigenvalue weighted by Crippen LogP contribution is -2.23. The number of carbonyl (C=O) groups is 1. The Morgan fingerprint density at radius 1 is 1.33 bits per heavy atom.